The van der Waals surface area contributed by atoms with Crippen LogP contribution in [0, 0.1) is 16.2 Å². The molecule has 0 aliphatic carbocycles. The molecule has 47 heavy (non-hydrogen) atoms. The van der Waals surface area contributed by atoms with E-state index in [-0.39, 0.29) is 0 Å². The number of ether oxygens (including phenoxy) is 9. The molecule has 0 spiro atoms. The fourth-order valence-electron chi connectivity index (χ4n) is 5.50. The first-order valence-corrected chi connectivity index (χ1v) is 15.7. The first kappa shape index (κ1) is 38.6. The van der Waals surface area contributed by atoms with E-state index < -0.39 is 113 Å². The molecule has 0 bridgehead atoms. The van der Waals surface area contributed by atoms with Gasteiger partial charge in [-0.05, 0) is 90.0 Å². The Hall–Kier alpha value is -2.81. The predicted octanol–water partition coefficient (Wildman–Crippen LogP) is 3.39. The van der Waals surface area contributed by atoms with Gasteiger partial charge in [0.05, 0.1) is 16.2 Å². The molecular weight excluding hydrogens is 620 g/mol. The third-order valence-electron chi connectivity index (χ3n) is 7.76. The fourth-order valence-corrected chi connectivity index (χ4v) is 5.50. The van der Waals surface area contributed by atoms with Gasteiger partial charge < -0.3 is 42.6 Å². The lowest BCUT2D eigenvalue weighted by molar-refractivity contribution is -0.279. The van der Waals surface area contributed by atoms with Crippen LogP contribution < -0.4 is 0 Å². The minimum absolute atomic E-state index is 0.457. The Labute approximate surface area is 276 Å². The van der Waals surface area contributed by atoms with Gasteiger partial charge in [0.15, 0.2) is 29.4 Å². The molecule has 3 fully saturated rings. The topological polar surface area (TPSA) is 168 Å². The molecule has 3 heterocycles. The molecule has 3 saturated heterocycles. The van der Waals surface area contributed by atoms with Gasteiger partial charge in [0.1, 0.15) is 32.0 Å². The van der Waals surface area contributed by atoms with Crippen molar-refractivity contribution < 1.29 is 66.6 Å². The van der Waals surface area contributed by atoms with Gasteiger partial charge in [-0.1, -0.05) is 0 Å². The fraction of sp³-hybridized carbons (Fsp3) is 0.848. The van der Waals surface area contributed by atoms with Gasteiger partial charge >= 0.3 is 29.8 Å². The molecule has 14 heteroatoms. The third-order valence-corrected chi connectivity index (χ3v) is 7.76. The van der Waals surface area contributed by atoms with Crippen LogP contribution in [0.2, 0.25) is 0 Å². The average Bonchev–Trinajstić information content (AvgIpc) is 3.34. The first-order valence-electron chi connectivity index (χ1n) is 15.7. The smallest absolute Gasteiger partial charge is 0.345 e. The molecular formula is C33H52O14. The van der Waals surface area contributed by atoms with Crippen molar-refractivity contribution in [1.29, 1.82) is 0 Å². The summed E-state index contributed by atoms with van der Waals surface area (Å²) in [5.74, 6) is -6.62. The molecule has 0 saturated carbocycles. The van der Waals surface area contributed by atoms with Crippen LogP contribution >= 0.6 is 0 Å². The van der Waals surface area contributed by atoms with Gasteiger partial charge in [-0.15, -0.1) is 0 Å². The van der Waals surface area contributed by atoms with Crippen LogP contribution in [-0.2, 0) is 66.6 Å². The zero-order valence-corrected chi connectivity index (χ0v) is 30.1. The summed E-state index contributed by atoms with van der Waals surface area (Å²) in [5, 5.41) is 0. The van der Waals surface area contributed by atoms with Gasteiger partial charge in [-0.2, -0.15) is 0 Å². The number of cyclic esters (lactones) is 1. The van der Waals surface area contributed by atoms with Crippen LogP contribution in [0.5, 0.6) is 0 Å². The Morgan fingerprint density at radius 1 is 0.702 bits per heavy atom. The number of hydrogen-bond acceptors (Lipinski definition) is 14. The van der Waals surface area contributed by atoms with Crippen molar-refractivity contribution in [3.8, 4) is 0 Å². The van der Waals surface area contributed by atoms with E-state index in [2.05, 4.69) is 0 Å². The number of carbonyl (C=O) groups excluding carboxylic acids is 5. The lowest BCUT2D eigenvalue weighted by Crippen LogP contribution is -2.77. The van der Waals surface area contributed by atoms with E-state index in [1.807, 2.05) is 0 Å². The van der Waals surface area contributed by atoms with Crippen LogP contribution in [0.4, 0.5) is 0 Å². The Kier molecular flexibility index (Phi) is 10.3. The summed E-state index contributed by atoms with van der Waals surface area (Å²) in [4.78, 5) is 65.9. The zero-order valence-electron chi connectivity index (χ0n) is 30.1. The highest BCUT2D eigenvalue weighted by Crippen LogP contribution is 2.56. The standard InChI is InChI=1S/C33H52O14/c1-18(34)39-15-19-21(43-25(37)29(8,9)10)22-33(26(38)42-19,47-31(13,14)45-22)32(17-41-24(36)28(5,6)7)20(44-30(11,12)46-32)16-40-23(35)27(2,3)4/h19-22H,15-17H2,1-14H3/t19-,20-,21+,22+,32+,33+/m1/s1. The summed E-state index contributed by atoms with van der Waals surface area (Å²) in [7, 11) is 0. The molecule has 6 atom stereocenters. The Morgan fingerprint density at radius 2 is 1.21 bits per heavy atom. The molecule has 268 valence electrons. The zero-order chi connectivity index (χ0) is 36.2. The van der Waals surface area contributed by atoms with Crippen molar-refractivity contribution in [3.05, 3.63) is 0 Å². The molecule has 0 radical (unpaired) electrons. The predicted molar refractivity (Wildman–Crippen MR) is 162 cm³/mol. The lowest BCUT2D eigenvalue weighted by atomic mass is 9.71. The van der Waals surface area contributed by atoms with Gasteiger partial charge in [0.2, 0.25) is 5.60 Å². The van der Waals surface area contributed by atoms with Crippen LogP contribution in [0.25, 0.3) is 0 Å². The summed E-state index contributed by atoms with van der Waals surface area (Å²) in [6.45, 7) is 20.7. The number of fused-ring (bicyclic) bond motifs is 1. The maximum atomic E-state index is 14.6. The van der Waals surface area contributed by atoms with Crippen LogP contribution in [-0.4, -0.2) is 96.9 Å². The van der Waals surface area contributed by atoms with Crippen molar-refractivity contribution in [1.82, 2.24) is 0 Å². The second-order valence-corrected chi connectivity index (χ2v) is 16.3. The summed E-state index contributed by atoms with van der Waals surface area (Å²) >= 11 is 0. The Morgan fingerprint density at radius 3 is 1.72 bits per heavy atom. The van der Waals surface area contributed by atoms with Crippen LogP contribution in [0.15, 0.2) is 0 Å². The monoisotopic (exact) mass is 672 g/mol. The van der Waals surface area contributed by atoms with Gasteiger partial charge in [-0.3, -0.25) is 19.2 Å². The molecule has 0 aromatic carbocycles. The van der Waals surface area contributed by atoms with Crippen molar-refractivity contribution in [2.24, 2.45) is 16.2 Å². The van der Waals surface area contributed by atoms with Crippen molar-refractivity contribution >= 4 is 29.8 Å². The molecule has 3 rings (SSSR count). The van der Waals surface area contributed by atoms with Crippen molar-refractivity contribution in [3.63, 3.8) is 0 Å². The van der Waals surface area contributed by atoms with Crippen molar-refractivity contribution in [2.45, 2.75) is 144 Å². The highest BCUT2D eigenvalue weighted by atomic mass is 16.8. The third kappa shape index (κ3) is 7.92. The molecule has 0 unspecified atom stereocenters. The Balaban J connectivity index is 2.29. The van der Waals surface area contributed by atoms with E-state index >= 15 is 0 Å². The van der Waals surface area contributed by atoms with E-state index in [9.17, 15) is 24.0 Å². The molecule has 0 amide bonds. The number of rotatable bonds is 8. The molecule has 3 aliphatic heterocycles. The van der Waals surface area contributed by atoms with Crippen LogP contribution in [0.3, 0.4) is 0 Å². The minimum Gasteiger partial charge on any atom is -0.462 e. The molecule has 0 N–H and O–H groups in total. The van der Waals surface area contributed by atoms with E-state index in [4.69, 9.17) is 42.6 Å². The van der Waals surface area contributed by atoms with E-state index in [1.165, 1.54) is 20.8 Å². The largest absolute Gasteiger partial charge is 0.462 e. The van der Waals surface area contributed by atoms with E-state index in [0.717, 1.165) is 0 Å². The molecule has 0 aromatic rings. The maximum Gasteiger partial charge on any atom is 0.345 e. The average molecular weight is 673 g/mol. The first-order chi connectivity index (χ1) is 21.1. The summed E-state index contributed by atoms with van der Waals surface area (Å²) in [6, 6.07) is 0. The number of carbonyl (C=O) groups is 5. The second kappa shape index (κ2) is 12.6. The van der Waals surface area contributed by atoms with E-state index in [1.54, 1.807) is 76.2 Å². The summed E-state index contributed by atoms with van der Waals surface area (Å²) in [6.07, 6.45) is -5.54. The Bertz CT molecular complexity index is 1250. The maximum absolute atomic E-state index is 14.6. The van der Waals surface area contributed by atoms with E-state index in [0.29, 0.717) is 0 Å². The summed E-state index contributed by atoms with van der Waals surface area (Å²) in [5.41, 5.74) is -7.34. The molecule has 0 aromatic heterocycles. The van der Waals surface area contributed by atoms with Gasteiger partial charge in [-0.25, -0.2) is 4.79 Å². The second-order valence-electron chi connectivity index (χ2n) is 16.3. The molecule has 3 aliphatic rings. The SMILES string of the molecule is CC(=O)OC[C@H]1OC(=O)[C@@]2([C@@]3(COC(=O)C(C)(C)C)OC(C)(C)O[C@@H]3COC(=O)C(C)(C)C)OC(C)(C)O[C@H]2[C@H]1OC(=O)C(C)(C)C. The minimum atomic E-state index is -2.35. The van der Waals surface area contributed by atoms with Crippen molar-refractivity contribution in [2.75, 3.05) is 19.8 Å². The normalized spacial score (nSPS) is 31.7. The highest BCUT2D eigenvalue weighted by Gasteiger charge is 2.81. The quantitative estimate of drug-likeness (QED) is 0.272. The van der Waals surface area contributed by atoms with Gasteiger partial charge in [0, 0.05) is 6.92 Å². The van der Waals surface area contributed by atoms with Gasteiger partial charge in [0.25, 0.3) is 0 Å². The number of esters is 5. The summed E-state index contributed by atoms with van der Waals surface area (Å²) < 4.78 is 54.3. The highest BCUT2D eigenvalue weighted by molar-refractivity contribution is 5.86. The lowest BCUT2D eigenvalue weighted by Gasteiger charge is -2.51. The molecule has 14 nitrogen and oxygen atoms in total. The number of hydrogen-bond donors (Lipinski definition) is 0. The van der Waals surface area contributed by atoms with Crippen LogP contribution in [0.1, 0.15) is 96.9 Å².